The van der Waals surface area contributed by atoms with Gasteiger partial charge in [-0.15, -0.1) is 0 Å². The zero-order chi connectivity index (χ0) is 10.9. The van der Waals surface area contributed by atoms with E-state index in [1.807, 2.05) is 6.92 Å². The fourth-order valence-corrected chi connectivity index (χ4v) is 1.79. The first-order valence-corrected chi connectivity index (χ1v) is 4.99. The molecule has 1 aromatic rings. The molecule has 0 bridgehead atoms. The number of morpholine rings is 1. The van der Waals surface area contributed by atoms with Crippen LogP contribution in [0.4, 0.5) is 4.39 Å². The number of halogens is 1. The highest BCUT2D eigenvalue weighted by Crippen LogP contribution is 2.28. The van der Waals surface area contributed by atoms with E-state index in [0.29, 0.717) is 18.7 Å². The van der Waals surface area contributed by atoms with E-state index < -0.39 is 5.79 Å². The molecule has 1 fully saturated rings. The molecule has 1 heterocycles. The predicted octanol–water partition coefficient (Wildman–Crippen LogP) is 0.979. The maximum Gasteiger partial charge on any atom is 0.208 e. The Morgan fingerprint density at radius 1 is 1.60 bits per heavy atom. The molecule has 2 atom stereocenters. The number of aliphatic hydroxyl groups is 1. The molecule has 2 unspecified atom stereocenters. The Morgan fingerprint density at radius 2 is 2.40 bits per heavy atom. The summed E-state index contributed by atoms with van der Waals surface area (Å²) in [5.74, 6) is -1.80. The van der Waals surface area contributed by atoms with Gasteiger partial charge in [-0.05, 0) is 19.1 Å². The molecule has 2 rings (SSSR count). The molecule has 0 spiro atoms. The van der Waals surface area contributed by atoms with Crippen molar-refractivity contribution in [1.29, 1.82) is 0 Å². The smallest absolute Gasteiger partial charge is 0.208 e. The summed E-state index contributed by atoms with van der Waals surface area (Å²) in [5.41, 5.74) is 0.446. The Hall–Kier alpha value is -0.970. The van der Waals surface area contributed by atoms with Crippen molar-refractivity contribution >= 4 is 0 Å². The summed E-state index contributed by atoms with van der Waals surface area (Å²) in [5, 5.41) is 13.4. The van der Waals surface area contributed by atoms with Crippen LogP contribution in [0.25, 0.3) is 0 Å². The van der Waals surface area contributed by atoms with Crippen LogP contribution in [0.15, 0.2) is 24.3 Å². The second-order valence-corrected chi connectivity index (χ2v) is 3.73. The molecule has 82 valence electrons. The van der Waals surface area contributed by atoms with Gasteiger partial charge >= 0.3 is 0 Å². The summed E-state index contributed by atoms with van der Waals surface area (Å²) in [7, 11) is 0. The third-order valence-corrected chi connectivity index (χ3v) is 2.70. The molecule has 1 aliphatic rings. The van der Waals surface area contributed by atoms with Crippen molar-refractivity contribution < 1.29 is 14.2 Å². The highest BCUT2D eigenvalue weighted by atomic mass is 19.1. The molecule has 15 heavy (non-hydrogen) atoms. The SMILES string of the molecule is CC1NCCOC1(O)c1cccc(F)c1. The van der Waals surface area contributed by atoms with Gasteiger partial charge in [0, 0.05) is 12.1 Å². The normalized spacial score (nSPS) is 31.5. The Bertz CT molecular complexity index is 358. The number of nitrogens with one attached hydrogen (secondary N) is 1. The van der Waals surface area contributed by atoms with Crippen LogP contribution in [0.2, 0.25) is 0 Å². The van der Waals surface area contributed by atoms with Crippen LogP contribution in [0.1, 0.15) is 12.5 Å². The van der Waals surface area contributed by atoms with Gasteiger partial charge in [0.25, 0.3) is 0 Å². The molecule has 0 saturated carbocycles. The van der Waals surface area contributed by atoms with Crippen molar-refractivity contribution in [2.24, 2.45) is 0 Å². The lowest BCUT2D eigenvalue weighted by Crippen LogP contribution is -2.54. The van der Waals surface area contributed by atoms with E-state index >= 15 is 0 Å². The van der Waals surface area contributed by atoms with Crippen LogP contribution in [0.3, 0.4) is 0 Å². The first-order chi connectivity index (χ1) is 7.13. The zero-order valence-corrected chi connectivity index (χ0v) is 8.53. The van der Waals surface area contributed by atoms with Gasteiger partial charge in [0.05, 0.1) is 12.6 Å². The van der Waals surface area contributed by atoms with Gasteiger partial charge in [-0.3, -0.25) is 0 Å². The first kappa shape index (κ1) is 10.5. The molecule has 3 nitrogen and oxygen atoms in total. The topological polar surface area (TPSA) is 41.5 Å². The van der Waals surface area contributed by atoms with E-state index in [9.17, 15) is 9.50 Å². The zero-order valence-electron chi connectivity index (χ0n) is 8.53. The average molecular weight is 211 g/mol. The molecule has 0 amide bonds. The maximum absolute atomic E-state index is 13.0. The van der Waals surface area contributed by atoms with Crippen molar-refractivity contribution in [3.63, 3.8) is 0 Å². The van der Waals surface area contributed by atoms with Crippen LogP contribution in [-0.4, -0.2) is 24.3 Å². The largest absolute Gasteiger partial charge is 0.361 e. The molecule has 4 heteroatoms. The minimum Gasteiger partial charge on any atom is -0.361 e. The van der Waals surface area contributed by atoms with Crippen molar-refractivity contribution in [2.75, 3.05) is 13.2 Å². The number of benzene rings is 1. The summed E-state index contributed by atoms with van der Waals surface area (Å²) in [6.07, 6.45) is 0. The molecule has 0 aromatic heterocycles. The third-order valence-electron chi connectivity index (χ3n) is 2.70. The quantitative estimate of drug-likeness (QED) is 0.727. The van der Waals surface area contributed by atoms with Gasteiger partial charge in [0.15, 0.2) is 0 Å². The lowest BCUT2D eigenvalue weighted by molar-refractivity contribution is -0.245. The van der Waals surface area contributed by atoms with Crippen molar-refractivity contribution in [3.05, 3.63) is 35.6 Å². The molecule has 1 aliphatic heterocycles. The first-order valence-electron chi connectivity index (χ1n) is 4.99. The molecular formula is C11H14FNO2. The summed E-state index contributed by atoms with van der Waals surface area (Å²) in [6.45, 7) is 2.92. The molecule has 0 aliphatic carbocycles. The third kappa shape index (κ3) is 1.88. The van der Waals surface area contributed by atoms with Crippen LogP contribution in [0.5, 0.6) is 0 Å². The van der Waals surface area contributed by atoms with E-state index in [4.69, 9.17) is 4.74 Å². The van der Waals surface area contributed by atoms with E-state index in [1.165, 1.54) is 12.1 Å². The van der Waals surface area contributed by atoms with Crippen molar-refractivity contribution in [1.82, 2.24) is 5.32 Å². The van der Waals surface area contributed by atoms with Crippen LogP contribution in [-0.2, 0) is 10.5 Å². The molecule has 1 aromatic carbocycles. The highest BCUT2D eigenvalue weighted by Gasteiger charge is 2.39. The number of hydrogen-bond acceptors (Lipinski definition) is 3. The Labute approximate surface area is 87.9 Å². The molecule has 0 radical (unpaired) electrons. The lowest BCUT2D eigenvalue weighted by atomic mass is 9.97. The van der Waals surface area contributed by atoms with Crippen molar-refractivity contribution in [2.45, 2.75) is 18.8 Å². The van der Waals surface area contributed by atoms with Crippen LogP contribution < -0.4 is 5.32 Å². The summed E-state index contributed by atoms with van der Waals surface area (Å²) in [4.78, 5) is 0. The number of hydrogen-bond donors (Lipinski definition) is 2. The van der Waals surface area contributed by atoms with Crippen LogP contribution in [0, 0.1) is 5.82 Å². The fraction of sp³-hybridized carbons (Fsp3) is 0.455. The molecule has 1 saturated heterocycles. The lowest BCUT2D eigenvalue weighted by Gasteiger charge is -2.38. The van der Waals surface area contributed by atoms with Gasteiger partial charge in [0.1, 0.15) is 5.82 Å². The summed E-state index contributed by atoms with van der Waals surface area (Å²) < 4.78 is 18.4. The minimum atomic E-state index is -1.43. The van der Waals surface area contributed by atoms with Gasteiger partial charge in [0.2, 0.25) is 5.79 Å². The number of ether oxygens (including phenoxy) is 1. The van der Waals surface area contributed by atoms with E-state index in [1.54, 1.807) is 12.1 Å². The van der Waals surface area contributed by atoms with Gasteiger partial charge in [-0.2, -0.15) is 0 Å². The van der Waals surface area contributed by atoms with E-state index in [2.05, 4.69) is 5.32 Å². The highest BCUT2D eigenvalue weighted by molar-refractivity contribution is 5.23. The van der Waals surface area contributed by atoms with E-state index in [-0.39, 0.29) is 11.9 Å². The second-order valence-electron chi connectivity index (χ2n) is 3.73. The Kier molecular flexibility index (Phi) is 2.73. The molecule has 2 N–H and O–H groups in total. The average Bonchev–Trinajstić information content (AvgIpc) is 2.23. The molecular weight excluding hydrogens is 197 g/mol. The van der Waals surface area contributed by atoms with E-state index in [0.717, 1.165) is 0 Å². The maximum atomic E-state index is 13.0. The summed E-state index contributed by atoms with van der Waals surface area (Å²) in [6, 6.07) is 5.60. The Morgan fingerprint density at radius 3 is 3.07 bits per heavy atom. The number of rotatable bonds is 1. The van der Waals surface area contributed by atoms with Gasteiger partial charge < -0.3 is 15.2 Å². The van der Waals surface area contributed by atoms with Crippen molar-refractivity contribution in [3.8, 4) is 0 Å². The standard InChI is InChI=1S/C11H14FNO2/c1-8-11(14,15-6-5-13-8)9-3-2-4-10(12)7-9/h2-4,7-8,13-14H,5-6H2,1H3. The fourth-order valence-electron chi connectivity index (χ4n) is 1.79. The minimum absolute atomic E-state index is 0.256. The predicted molar refractivity (Wildman–Crippen MR) is 53.7 cm³/mol. The van der Waals surface area contributed by atoms with Gasteiger partial charge in [-0.1, -0.05) is 12.1 Å². The van der Waals surface area contributed by atoms with Gasteiger partial charge in [-0.25, -0.2) is 4.39 Å². The van der Waals surface area contributed by atoms with Crippen LogP contribution >= 0.6 is 0 Å². The summed E-state index contributed by atoms with van der Waals surface area (Å²) >= 11 is 0. The monoisotopic (exact) mass is 211 g/mol. The Balaban J connectivity index is 2.34. The second kappa shape index (κ2) is 3.89.